The smallest absolute Gasteiger partial charge is 0.310 e. The second kappa shape index (κ2) is 15.8. The van der Waals surface area contributed by atoms with Gasteiger partial charge in [-0.15, -0.1) is 0 Å². The van der Waals surface area contributed by atoms with Gasteiger partial charge < -0.3 is 9.13 Å². The first-order valence-electron chi connectivity index (χ1n) is 21.5. The topological polar surface area (TPSA) is 42.4 Å². The van der Waals surface area contributed by atoms with Gasteiger partial charge in [0, 0.05) is 32.8 Å². The van der Waals surface area contributed by atoms with E-state index < -0.39 is 11.7 Å². The van der Waals surface area contributed by atoms with Crippen molar-refractivity contribution in [2.45, 2.75) is 13.1 Å². The van der Waals surface area contributed by atoms with Crippen LogP contribution in [0.3, 0.4) is 0 Å². The van der Waals surface area contributed by atoms with Crippen LogP contribution in [0.25, 0.3) is 109 Å². The van der Waals surface area contributed by atoms with Gasteiger partial charge in [0.25, 0.3) is 0 Å². The summed E-state index contributed by atoms with van der Waals surface area (Å²) in [5.41, 5.74) is 11.2. The lowest BCUT2D eigenvalue weighted by atomic mass is 9.90. The zero-order chi connectivity index (χ0) is 46.0. The molecule has 0 N–H and O–H groups in total. The van der Waals surface area contributed by atoms with Gasteiger partial charge in [0.1, 0.15) is 0 Å². The largest absolute Gasteiger partial charge is 0.417 e. The van der Waals surface area contributed by atoms with Crippen LogP contribution in [0.4, 0.5) is 24.5 Å². The average Bonchev–Trinajstić information content (AvgIpc) is 3.87. The number of fused-ring (bicyclic) bond motifs is 6. The predicted molar refractivity (Wildman–Crippen MR) is 264 cm³/mol. The molecule has 2 heterocycles. The van der Waals surface area contributed by atoms with Crippen molar-refractivity contribution in [2.75, 3.05) is 0 Å². The lowest BCUT2D eigenvalue weighted by Gasteiger charge is -2.22. The first-order valence-corrected chi connectivity index (χ1v) is 21.5. The molecule has 0 fully saturated rings. The van der Waals surface area contributed by atoms with Crippen LogP contribution in [0.5, 0.6) is 0 Å². The van der Waals surface area contributed by atoms with Crippen molar-refractivity contribution in [2.24, 2.45) is 0 Å². The summed E-state index contributed by atoms with van der Waals surface area (Å²) in [4.78, 5) is 7.78. The molecule has 0 radical (unpaired) electrons. The van der Waals surface area contributed by atoms with Crippen molar-refractivity contribution in [1.29, 1.82) is 5.26 Å². The van der Waals surface area contributed by atoms with E-state index in [0.717, 1.165) is 71.9 Å². The highest BCUT2D eigenvalue weighted by molar-refractivity contribution is 6.13. The molecule has 0 aliphatic heterocycles. The Kier molecular flexibility index (Phi) is 9.59. The molecule has 5 nitrogen and oxygen atoms in total. The number of para-hydroxylation sites is 2. The minimum atomic E-state index is -4.63. The van der Waals surface area contributed by atoms with Crippen molar-refractivity contribution in [1.82, 2.24) is 9.13 Å². The summed E-state index contributed by atoms with van der Waals surface area (Å²) in [5.74, 6) is 0. The van der Waals surface area contributed by atoms with Gasteiger partial charge in [-0.25, -0.2) is 9.69 Å². The van der Waals surface area contributed by atoms with Gasteiger partial charge in [0.2, 0.25) is 0 Å². The molecule has 0 amide bonds. The van der Waals surface area contributed by atoms with Crippen molar-refractivity contribution < 1.29 is 13.2 Å². The Labute approximate surface area is 383 Å². The van der Waals surface area contributed by atoms with Crippen LogP contribution in [0, 0.1) is 31.4 Å². The van der Waals surface area contributed by atoms with Gasteiger partial charge in [-0.2, -0.15) is 18.4 Å². The van der Waals surface area contributed by atoms with Crippen LogP contribution < -0.4 is 0 Å². The van der Waals surface area contributed by atoms with Gasteiger partial charge in [-0.3, -0.25) is 0 Å². The summed E-state index contributed by atoms with van der Waals surface area (Å²) in [7, 11) is 0. The minimum absolute atomic E-state index is 0.0722. The van der Waals surface area contributed by atoms with E-state index in [0.29, 0.717) is 50.6 Å². The molecular weight excluding hydrogens is 836 g/mol. The lowest BCUT2D eigenvalue weighted by molar-refractivity contribution is -0.137. The fourth-order valence-corrected chi connectivity index (χ4v) is 9.81. The van der Waals surface area contributed by atoms with E-state index in [2.05, 4.69) is 61.3 Å². The number of hydrogen-bond acceptors (Lipinski definition) is 1. The summed E-state index contributed by atoms with van der Waals surface area (Å²) in [6.45, 7) is 18.0. The first kappa shape index (κ1) is 40.6. The summed E-state index contributed by atoms with van der Waals surface area (Å²) in [5, 5.41) is 13.5. The molecule has 8 heteroatoms. The maximum Gasteiger partial charge on any atom is 0.417 e. The number of benzene rings is 9. The van der Waals surface area contributed by atoms with Crippen LogP contribution in [-0.4, -0.2) is 9.13 Å². The SMILES string of the molecule is [C-]#[N+]c1cccc(-c2ccc3c(c2)c2ccccc2n3-c2ccc(-c3c(C)cccc3C(F)(F)F)cc2-c2c([N+]#[C-])cccc2-n2c3ccccc3c3cc(-c4cccc(C#N)c4)ccc32)c1. The van der Waals surface area contributed by atoms with Gasteiger partial charge in [-0.05, 0) is 130 Å². The number of alkyl halides is 3. The highest BCUT2D eigenvalue weighted by Gasteiger charge is 2.35. The molecule has 0 unspecified atom stereocenters. The van der Waals surface area contributed by atoms with E-state index >= 15 is 0 Å². The Balaban J connectivity index is 1.23. The lowest BCUT2D eigenvalue weighted by Crippen LogP contribution is -2.08. The van der Waals surface area contributed by atoms with Crippen molar-refractivity contribution >= 4 is 55.0 Å². The van der Waals surface area contributed by atoms with Crippen LogP contribution in [0.1, 0.15) is 16.7 Å². The third-order valence-electron chi connectivity index (χ3n) is 12.7. The number of aryl methyl sites for hydroxylation is 1. The molecule has 9 aromatic carbocycles. The Morgan fingerprint density at radius 3 is 1.69 bits per heavy atom. The minimum Gasteiger partial charge on any atom is -0.310 e. The Hall–Kier alpha value is -9.16. The van der Waals surface area contributed by atoms with Gasteiger partial charge in [0.15, 0.2) is 11.4 Å². The predicted octanol–water partition coefficient (Wildman–Crippen LogP) is 16.8. The van der Waals surface area contributed by atoms with Crippen LogP contribution >= 0.6 is 0 Å². The van der Waals surface area contributed by atoms with Crippen LogP contribution in [0.15, 0.2) is 188 Å². The van der Waals surface area contributed by atoms with E-state index in [1.54, 1.807) is 37.3 Å². The average molecular weight is 870 g/mol. The zero-order valence-corrected chi connectivity index (χ0v) is 35.8. The first-order chi connectivity index (χ1) is 32.6. The Morgan fingerprint density at radius 2 is 1.04 bits per heavy atom. The molecule has 0 aliphatic rings. The highest BCUT2D eigenvalue weighted by Crippen LogP contribution is 2.48. The molecule has 0 bridgehead atoms. The van der Waals surface area contributed by atoms with Crippen LogP contribution in [-0.2, 0) is 6.18 Å². The molecule has 11 rings (SSSR count). The Bertz CT molecular complexity index is 3980. The van der Waals surface area contributed by atoms with E-state index in [-0.39, 0.29) is 5.56 Å². The summed E-state index contributed by atoms with van der Waals surface area (Å²) in [6, 6.07) is 61.1. The number of halogens is 3. The maximum absolute atomic E-state index is 15.0. The quantitative estimate of drug-likeness (QED) is 0.154. The molecule has 0 saturated heterocycles. The molecule has 67 heavy (non-hydrogen) atoms. The van der Waals surface area contributed by atoms with Crippen molar-refractivity contribution in [3.05, 3.63) is 228 Å². The molecular formula is C59H34F3N5. The standard InChI is InChI=1S/C59H34F3N5/c1-36-12-8-19-49(59(60,61)62)57(36)42-26-29-55(66-51-21-6-4-17-44(51)46-33-41(25-27-53(46)66)39-15-10-16-43(31-39)64-2)48(34-42)58-50(65-3)20-11-23-56(58)67-52-22-7-5-18-45(52)47-32-40(24-28-54(47)67)38-14-9-13-37(30-38)35-63/h4-34H,1H3. The van der Waals surface area contributed by atoms with Gasteiger partial charge in [-0.1, -0.05) is 109 Å². The van der Waals surface area contributed by atoms with Gasteiger partial charge >= 0.3 is 6.18 Å². The second-order valence-corrected chi connectivity index (χ2v) is 16.5. The maximum atomic E-state index is 15.0. The molecule has 11 aromatic rings. The molecule has 0 atom stereocenters. The number of hydrogen-bond donors (Lipinski definition) is 0. The zero-order valence-electron chi connectivity index (χ0n) is 35.8. The Morgan fingerprint density at radius 1 is 0.478 bits per heavy atom. The van der Waals surface area contributed by atoms with E-state index in [1.165, 1.54) is 6.07 Å². The summed E-state index contributed by atoms with van der Waals surface area (Å²) >= 11 is 0. The fraction of sp³-hybridized carbons (Fsp3) is 0.0339. The normalized spacial score (nSPS) is 11.5. The van der Waals surface area contributed by atoms with Crippen molar-refractivity contribution in [3.63, 3.8) is 0 Å². The molecule has 2 aromatic heterocycles. The molecule has 0 spiro atoms. The van der Waals surface area contributed by atoms with E-state index in [9.17, 15) is 18.4 Å². The van der Waals surface area contributed by atoms with E-state index in [1.807, 2.05) is 109 Å². The third kappa shape index (κ3) is 6.69. The van der Waals surface area contributed by atoms with Gasteiger partial charge in [0.05, 0.1) is 58.1 Å². The number of aromatic nitrogens is 2. The van der Waals surface area contributed by atoms with Crippen LogP contribution in [0.2, 0.25) is 0 Å². The summed E-state index contributed by atoms with van der Waals surface area (Å²) < 4.78 is 49.1. The molecule has 0 saturated carbocycles. The number of nitrogens with zero attached hydrogens (tertiary/aromatic N) is 5. The number of nitriles is 1. The second-order valence-electron chi connectivity index (χ2n) is 16.5. The molecule has 0 aliphatic carbocycles. The fourth-order valence-electron chi connectivity index (χ4n) is 9.81. The highest BCUT2D eigenvalue weighted by atomic mass is 19.4. The summed E-state index contributed by atoms with van der Waals surface area (Å²) in [6.07, 6.45) is -4.63. The van der Waals surface area contributed by atoms with E-state index in [4.69, 9.17) is 13.1 Å². The number of rotatable bonds is 6. The molecule has 316 valence electrons. The van der Waals surface area contributed by atoms with Crippen molar-refractivity contribution in [3.8, 4) is 62.0 Å². The third-order valence-corrected chi connectivity index (χ3v) is 12.7. The monoisotopic (exact) mass is 869 g/mol.